The van der Waals surface area contributed by atoms with Gasteiger partial charge < -0.3 is 10.6 Å². The molecule has 2 rings (SSSR count). The average Bonchev–Trinajstić information content (AvgIpc) is 2.43. The average molecular weight is 244 g/mol. The van der Waals surface area contributed by atoms with Gasteiger partial charge in [-0.3, -0.25) is 4.79 Å². The second kappa shape index (κ2) is 6.36. The molecule has 18 heavy (non-hydrogen) atoms. The molecule has 1 heterocycles. The lowest BCUT2D eigenvalue weighted by molar-refractivity contribution is -0.123. The number of carbonyl (C=O) groups is 1. The number of rotatable bonds is 4. The van der Waals surface area contributed by atoms with Gasteiger partial charge in [0.2, 0.25) is 5.91 Å². The number of hydrogen-bond donors (Lipinski definition) is 2. The molecule has 3 nitrogen and oxygen atoms in total. The van der Waals surface area contributed by atoms with Gasteiger partial charge in [0.25, 0.3) is 0 Å². The topological polar surface area (TPSA) is 41.1 Å². The van der Waals surface area contributed by atoms with Gasteiger partial charge in [-0.15, -0.1) is 0 Å². The molecular weight excluding hydrogens is 224 g/mol. The van der Waals surface area contributed by atoms with Gasteiger partial charge in [-0.25, -0.2) is 0 Å². The summed E-state index contributed by atoms with van der Waals surface area (Å²) in [6.45, 7) is 3.48. The van der Waals surface area contributed by atoms with Crippen molar-refractivity contribution in [3.63, 3.8) is 0 Å². The number of allylic oxidation sites excluding steroid dienone is 1. The Morgan fingerprint density at radius 3 is 3.00 bits per heavy atom. The zero-order chi connectivity index (χ0) is 12.8. The van der Waals surface area contributed by atoms with Crippen molar-refractivity contribution in [1.29, 1.82) is 0 Å². The van der Waals surface area contributed by atoms with Crippen LogP contribution in [0.2, 0.25) is 0 Å². The molecule has 0 bridgehead atoms. The maximum atomic E-state index is 12.0. The minimum absolute atomic E-state index is 0.0921. The first-order valence-electron chi connectivity index (χ1n) is 6.50. The van der Waals surface area contributed by atoms with Gasteiger partial charge in [0.05, 0.1) is 6.04 Å². The lowest BCUT2D eigenvalue weighted by Crippen LogP contribution is -2.47. The number of amides is 1. The molecule has 3 heteroatoms. The lowest BCUT2D eigenvalue weighted by atomic mass is 9.95. The van der Waals surface area contributed by atoms with E-state index in [1.54, 1.807) is 0 Å². The van der Waals surface area contributed by atoms with E-state index in [-0.39, 0.29) is 11.9 Å². The predicted octanol–water partition coefficient (Wildman–Crippen LogP) is 1.78. The summed E-state index contributed by atoms with van der Waals surface area (Å²) in [7, 11) is 0. The second-order valence-corrected chi connectivity index (χ2v) is 4.56. The molecule has 1 aromatic carbocycles. The first kappa shape index (κ1) is 12.8. The van der Waals surface area contributed by atoms with E-state index in [1.807, 2.05) is 25.1 Å². The monoisotopic (exact) mass is 244 g/mol. The summed E-state index contributed by atoms with van der Waals surface area (Å²) in [5.41, 5.74) is 2.58. The Morgan fingerprint density at radius 1 is 1.44 bits per heavy atom. The van der Waals surface area contributed by atoms with Crippen molar-refractivity contribution in [3.05, 3.63) is 47.5 Å². The van der Waals surface area contributed by atoms with E-state index >= 15 is 0 Å². The fourth-order valence-electron chi connectivity index (χ4n) is 2.21. The molecule has 0 saturated heterocycles. The van der Waals surface area contributed by atoms with E-state index in [9.17, 15) is 4.79 Å². The molecule has 1 amide bonds. The summed E-state index contributed by atoms with van der Waals surface area (Å²) in [5, 5.41) is 6.25. The molecule has 1 atom stereocenters. The van der Waals surface area contributed by atoms with Crippen LogP contribution in [0.25, 0.3) is 0 Å². The van der Waals surface area contributed by atoms with Gasteiger partial charge in [-0.05, 0) is 30.9 Å². The Labute approximate surface area is 108 Å². The third kappa shape index (κ3) is 3.20. The highest BCUT2D eigenvalue weighted by molar-refractivity contribution is 5.82. The molecule has 1 aromatic rings. The molecular formula is C15H20N2O. The fourth-order valence-corrected chi connectivity index (χ4v) is 2.21. The van der Waals surface area contributed by atoms with E-state index in [4.69, 9.17) is 0 Å². The van der Waals surface area contributed by atoms with Crippen molar-refractivity contribution in [2.24, 2.45) is 0 Å². The Balaban J connectivity index is 1.86. The molecule has 0 fully saturated rings. The van der Waals surface area contributed by atoms with Crippen LogP contribution < -0.4 is 10.6 Å². The van der Waals surface area contributed by atoms with Crippen LogP contribution in [0.15, 0.2) is 36.4 Å². The van der Waals surface area contributed by atoms with Crippen LogP contribution in [0, 0.1) is 0 Å². The summed E-state index contributed by atoms with van der Waals surface area (Å²) in [6, 6.07) is 8.20. The van der Waals surface area contributed by atoms with E-state index in [2.05, 4.69) is 28.8 Å². The van der Waals surface area contributed by atoms with Crippen LogP contribution in [-0.4, -0.2) is 18.5 Å². The standard InChI is InChI=1S/C15H20N2O/c1-2-3-6-9-16-15(18)14-10-12-7-4-5-8-13(12)11-17-14/h2-5,7-8,14,17H,6,9-11H2,1H3,(H,16,18)/b3-2+/t14-/m0/s1. The van der Waals surface area contributed by atoms with E-state index in [0.717, 1.165) is 19.4 Å². The molecule has 1 aliphatic rings. The van der Waals surface area contributed by atoms with Crippen LogP contribution >= 0.6 is 0 Å². The number of benzene rings is 1. The quantitative estimate of drug-likeness (QED) is 0.626. The van der Waals surface area contributed by atoms with E-state index in [1.165, 1.54) is 11.1 Å². The molecule has 0 aliphatic carbocycles. The third-order valence-corrected chi connectivity index (χ3v) is 3.24. The minimum atomic E-state index is -0.0921. The van der Waals surface area contributed by atoms with Crippen molar-refractivity contribution in [2.45, 2.75) is 32.4 Å². The van der Waals surface area contributed by atoms with E-state index < -0.39 is 0 Å². The fraction of sp³-hybridized carbons (Fsp3) is 0.400. The first-order valence-corrected chi connectivity index (χ1v) is 6.50. The van der Waals surface area contributed by atoms with Crippen LogP contribution in [0.4, 0.5) is 0 Å². The Bertz CT molecular complexity index is 440. The van der Waals surface area contributed by atoms with Gasteiger partial charge in [-0.2, -0.15) is 0 Å². The molecule has 0 saturated carbocycles. The molecule has 0 aromatic heterocycles. The molecule has 1 aliphatic heterocycles. The number of fused-ring (bicyclic) bond motifs is 1. The Morgan fingerprint density at radius 2 is 2.22 bits per heavy atom. The largest absolute Gasteiger partial charge is 0.354 e. The van der Waals surface area contributed by atoms with Gasteiger partial charge in [0.1, 0.15) is 0 Å². The highest BCUT2D eigenvalue weighted by Gasteiger charge is 2.23. The molecule has 96 valence electrons. The summed E-state index contributed by atoms with van der Waals surface area (Å²) in [6.07, 6.45) is 5.74. The SMILES string of the molecule is C/C=C/CCNC(=O)[C@@H]1Cc2ccccc2CN1. The molecule has 0 radical (unpaired) electrons. The highest BCUT2D eigenvalue weighted by atomic mass is 16.2. The maximum Gasteiger partial charge on any atom is 0.237 e. The van der Waals surface area contributed by atoms with Crippen LogP contribution in [0.5, 0.6) is 0 Å². The smallest absolute Gasteiger partial charge is 0.237 e. The number of nitrogens with one attached hydrogen (secondary N) is 2. The summed E-state index contributed by atoms with van der Waals surface area (Å²) in [4.78, 5) is 12.0. The predicted molar refractivity (Wildman–Crippen MR) is 73.2 cm³/mol. The number of hydrogen-bond acceptors (Lipinski definition) is 2. The van der Waals surface area contributed by atoms with Gasteiger partial charge >= 0.3 is 0 Å². The number of carbonyl (C=O) groups excluding carboxylic acids is 1. The normalized spacial score (nSPS) is 18.6. The van der Waals surface area contributed by atoms with Crippen LogP contribution in [0.3, 0.4) is 0 Å². The van der Waals surface area contributed by atoms with Crippen molar-refractivity contribution >= 4 is 5.91 Å². The summed E-state index contributed by atoms with van der Waals surface area (Å²) >= 11 is 0. The molecule has 2 N–H and O–H groups in total. The zero-order valence-electron chi connectivity index (χ0n) is 10.8. The summed E-state index contributed by atoms with van der Waals surface area (Å²) in [5.74, 6) is 0.106. The van der Waals surface area contributed by atoms with Crippen molar-refractivity contribution < 1.29 is 4.79 Å². The Kier molecular flexibility index (Phi) is 4.53. The van der Waals surface area contributed by atoms with Crippen LogP contribution in [-0.2, 0) is 17.8 Å². The minimum Gasteiger partial charge on any atom is -0.354 e. The first-order chi connectivity index (χ1) is 8.81. The van der Waals surface area contributed by atoms with E-state index in [0.29, 0.717) is 6.54 Å². The van der Waals surface area contributed by atoms with Crippen LogP contribution in [0.1, 0.15) is 24.5 Å². The Hall–Kier alpha value is -1.61. The third-order valence-electron chi connectivity index (χ3n) is 3.24. The summed E-state index contributed by atoms with van der Waals surface area (Å²) < 4.78 is 0. The molecule has 0 unspecified atom stereocenters. The highest BCUT2D eigenvalue weighted by Crippen LogP contribution is 2.16. The van der Waals surface area contributed by atoms with Gasteiger partial charge in [-0.1, -0.05) is 36.4 Å². The zero-order valence-corrected chi connectivity index (χ0v) is 10.8. The van der Waals surface area contributed by atoms with Crippen molar-refractivity contribution in [1.82, 2.24) is 10.6 Å². The van der Waals surface area contributed by atoms with Crippen molar-refractivity contribution in [3.8, 4) is 0 Å². The van der Waals surface area contributed by atoms with Gasteiger partial charge in [0.15, 0.2) is 0 Å². The maximum absolute atomic E-state index is 12.0. The molecule has 0 spiro atoms. The second-order valence-electron chi connectivity index (χ2n) is 4.56. The lowest BCUT2D eigenvalue weighted by Gasteiger charge is -2.25. The van der Waals surface area contributed by atoms with Crippen molar-refractivity contribution in [2.75, 3.05) is 6.54 Å². The van der Waals surface area contributed by atoms with Gasteiger partial charge in [0, 0.05) is 13.1 Å².